The molecule has 114 valence electrons. The van der Waals surface area contributed by atoms with E-state index in [1.54, 1.807) is 6.92 Å². The third kappa shape index (κ3) is 3.40. The van der Waals surface area contributed by atoms with Crippen LogP contribution >= 0.6 is 11.6 Å². The van der Waals surface area contributed by atoms with Gasteiger partial charge < -0.3 is 21.1 Å². The van der Waals surface area contributed by atoms with Crippen LogP contribution in [0.25, 0.3) is 0 Å². The summed E-state index contributed by atoms with van der Waals surface area (Å²) < 4.78 is 26.5. The number of aliphatic hydroxyl groups is 3. The third-order valence-corrected chi connectivity index (χ3v) is 4.91. The number of anilines is 1. The fourth-order valence-corrected chi connectivity index (χ4v) is 3.46. The van der Waals surface area contributed by atoms with Crippen LogP contribution in [0.1, 0.15) is 5.56 Å². The van der Waals surface area contributed by atoms with E-state index in [1.807, 2.05) is 4.72 Å². The van der Waals surface area contributed by atoms with Gasteiger partial charge in [0, 0.05) is 5.69 Å². The Balaban J connectivity index is 3.28. The third-order valence-electron chi connectivity index (χ3n) is 2.87. The zero-order chi connectivity index (χ0) is 15.6. The van der Waals surface area contributed by atoms with E-state index in [0.29, 0.717) is 5.56 Å². The van der Waals surface area contributed by atoms with Gasteiger partial charge in [-0.05, 0) is 24.6 Å². The van der Waals surface area contributed by atoms with E-state index in [-0.39, 0.29) is 15.6 Å². The number of benzene rings is 1. The summed E-state index contributed by atoms with van der Waals surface area (Å²) in [4.78, 5) is -0.290. The lowest BCUT2D eigenvalue weighted by Crippen LogP contribution is -2.56. The molecular weight excluding hydrogens is 308 g/mol. The molecule has 0 heterocycles. The summed E-state index contributed by atoms with van der Waals surface area (Å²) >= 11 is 5.88. The average molecular weight is 325 g/mol. The largest absolute Gasteiger partial charge is 0.398 e. The number of nitrogens with two attached hydrogens (primary N) is 1. The van der Waals surface area contributed by atoms with Crippen LogP contribution in [0.3, 0.4) is 0 Å². The molecule has 0 unspecified atom stereocenters. The molecule has 1 rings (SSSR count). The first kappa shape index (κ1) is 17.2. The highest BCUT2D eigenvalue weighted by Gasteiger charge is 2.34. The molecule has 7 nitrogen and oxygen atoms in total. The highest BCUT2D eigenvalue weighted by atomic mass is 35.5. The van der Waals surface area contributed by atoms with Gasteiger partial charge in [0.2, 0.25) is 10.0 Å². The average Bonchev–Trinajstić information content (AvgIpc) is 2.40. The highest BCUT2D eigenvalue weighted by Crippen LogP contribution is 2.27. The van der Waals surface area contributed by atoms with Crippen LogP contribution in [0, 0.1) is 6.92 Å². The standard InChI is InChI=1S/C11H17ClN2O5S/c1-7-2-8(12)10(3-9(7)13)20(18,19)14-11(4-15,5-16)6-17/h2-3,14-17H,4-6,13H2,1H3. The maximum absolute atomic E-state index is 12.2. The number of aryl methyl sites for hydroxylation is 1. The number of sulfonamides is 1. The summed E-state index contributed by atoms with van der Waals surface area (Å²) in [6, 6.07) is 2.57. The zero-order valence-corrected chi connectivity index (χ0v) is 12.4. The van der Waals surface area contributed by atoms with Crippen LogP contribution in [-0.2, 0) is 10.0 Å². The molecule has 0 aromatic heterocycles. The number of hydrogen-bond donors (Lipinski definition) is 5. The van der Waals surface area contributed by atoms with Crippen molar-refractivity contribution in [2.45, 2.75) is 17.4 Å². The fourth-order valence-electron chi connectivity index (χ4n) is 1.46. The Morgan fingerprint density at radius 3 is 2.20 bits per heavy atom. The van der Waals surface area contributed by atoms with Gasteiger partial charge >= 0.3 is 0 Å². The van der Waals surface area contributed by atoms with Gasteiger partial charge in [0.15, 0.2) is 0 Å². The SMILES string of the molecule is Cc1cc(Cl)c(S(=O)(=O)NC(CO)(CO)CO)cc1N. The van der Waals surface area contributed by atoms with E-state index >= 15 is 0 Å². The maximum atomic E-state index is 12.2. The lowest BCUT2D eigenvalue weighted by Gasteiger charge is -2.28. The van der Waals surface area contributed by atoms with Gasteiger partial charge in [-0.3, -0.25) is 0 Å². The first-order valence-electron chi connectivity index (χ1n) is 5.63. The molecule has 0 radical (unpaired) electrons. The van der Waals surface area contributed by atoms with Crippen LogP contribution < -0.4 is 10.5 Å². The smallest absolute Gasteiger partial charge is 0.242 e. The van der Waals surface area contributed by atoms with Crippen molar-refractivity contribution < 1.29 is 23.7 Å². The summed E-state index contributed by atoms with van der Waals surface area (Å²) in [5.41, 5.74) is 4.72. The molecule has 1 aromatic rings. The van der Waals surface area contributed by atoms with Gasteiger partial charge in [-0.2, -0.15) is 4.72 Å². The van der Waals surface area contributed by atoms with Crippen molar-refractivity contribution in [1.82, 2.24) is 4.72 Å². The minimum absolute atomic E-state index is 0.0491. The molecule has 6 N–H and O–H groups in total. The van der Waals surface area contributed by atoms with E-state index < -0.39 is 35.4 Å². The second kappa shape index (κ2) is 6.25. The predicted octanol–water partition coefficient (Wildman–Crippen LogP) is -0.775. The Bertz CT molecular complexity index is 578. The molecule has 0 atom stereocenters. The van der Waals surface area contributed by atoms with Gasteiger partial charge in [-0.1, -0.05) is 11.6 Å². The monoisotopic (exact) mass is 324 g/mol. The molecule has 0 spiro atoms. The molecular formula is C11H17ClN2O5S. The lowest BCUT2D eigenvalue weighted by atomic mass is 10.1. The number of halogens is 1. The van der Waals surface area contributed by atoms with E-state index in [2.05, 4.69) is 0 Å². The first-order valence-corrected chi connectivity index (χ1v) is 7.49. The van der Waals surface area contributed by atoms with Crippen LogP contribution in [0.2, 0.25) is 5.02 Å². The number of nitrogen functional groups attached to an aromatic ring is 1. The predicted molar refractivity (Wildman–Crippen MR) is 74.9 cm³/mol. The van der Waals surface area contributed by atoms with Gasteiger partial charge in [0.25, 0.3) is 0 Å². The quantitative estimate of drug-likeness (QED) is 0.436. The number of rotatable bonds is 6. The van der Waals surface area contributed by atoms with E-state index in [1.165, 1.54) is 12.1 Å². The maximum Gasteiger partial charge on any atom is 0.242 e. The van der Waals surface area contributed by atoms with Crippen molar-refractivity contribution >= 4 is 27.3 Å². The molecule has 0 fully saturated rings. The van der Waals surface area contributed by atoms with Crippen LogP contribution in [-0.4, -0.2) is 49.1 Å². The van der Waals surface area contributed by atoms with E-state index in [4.69, 9.17) is 32.7 Å². The summed E-state index contributed by atoms with van der Waals surface area (Å²) in [7, 11) is -4.17. The second-order valence-corrected chi connectivity index (χ2v) is 6.56. The Morgan fingerprint density at radius 2 is 1.75 bits per heavy atom. The summed E-state index contributed by atoms with van der Waals surface area (Å²) in [6.07, 6.45) is 0. The Hall–Kier alpha value is -0.900. The van der Waals surface area contributed by atoms with Crippen molar-refractivity contribution in [1.29, 1.82) is 0 Å². The Labute approximate surface area is 122 Å². The molecule has 20 heavy (non-hydrogen) atoms. The number of nitrogens with one attached hydrogen (secondary N) is 1. The van der Waals surface area contributed by atoms with E-state index in [0.717, 1.165) is 0 Å². The normalized spacial score (nSPS) is 12.7. The van der Waals surface area contributed by atoms with Crippen molar-refractivity contribution in [2.75, 3.05) is 25.6 Å². The van der Waals surface area contributed by atoms with Gasteiger partial charge in [0.1, 0.15) is 10.4 Å². The fraction of sp³-hybridized carbons (Fsp3) is 0.455. The molecule has 0 aliphatic heterocycles. The molecule has 9 heteroatoms. The topological polar surface area (TPSA) is 133 Å². The molecule has 0 aliphatic carbocycles. The first-order chi connectivity index (χ1) is 9.21. The molecule has 0 aliphatic rings. The van der Waals surface area contributed by atoms with Gasteiger partial charge in [-0.25, -0.2) is 8.42 Å². The van der Waals surface area contributed by atoms with E-state index in [9.17, 15) is 8.42 Å². The second-order valence-electron chi connectivity index (χ2n) is 4.50. The summed E-state index contributed by atoms with van der Waals surface area (Å²) in [6.45, 7) is -0.668. The molecule has 0 saturated carbocycles. The van der Waals surface area contributed by atoms with Gasteiger partial charge in [-0.15, -0.1) is 0 Å². The molecule has 0 bridgehead atoms. The Morgan fingerprint density at radius 1 is 1.25 bits per heavy atom. The van der Waals surface area contributed by atoms with Crippen molar-refractivity contribution in [3.8, 4) is 0 Å². The molecule has 0 saturated heterocycles. The highest BCUT2D eigenvalue weighted by molar-refractivity contribution is 7.89. The van der Waals surface area contributed by atoms with Crippen molar-refractivity contribution in [3.63, 3.8) is 0 Å². The Kier molecular flexibility index (Phi) is 5.36. The summed E-state index contributed by atoms with van der Waals surface area (Å²) in [5.74, 6) is 0. The lowest BCUT2D eigenvalue weighted by molar-refractivity contribution is 0.0582. The van der Waals surface area contributed by atoms with Gasteiger partial charge in [0.05, 0.1) is 24.8 Å². The minimum Gasteiger partial charge on any atom is -0.398 e. The van der Waals surface area contributed by atoms with Crippen LogP contribution in [0.4, 0.5) is 5.69 Å². The van der Waals surface area contributed by atoms with Crippen LogP contribution in [0.5, 0.6) is 0 Å². The molecule has 1 aromatic carbocycles. The number of hydrogen-bond acceptors (Lipinski definition) is 6. The minimum atomic E-state index is -4.17. The summed E-state index contributed by atoms with van der Waals surface area (Å²) in [5, 5.41) is 27.4. The van der Waals surface area contributed by atoms with Crippen molar-refractivity contribution in [2.24, 2.45) is 0 Å². The number of aliphatic hydroxyl groups excluding tert-OH is 3. The zero-order valence-electron chi connectivity index (χ0n) is 10.8. The van der Waals surface area contributed by atoms with Crippen molar-refractivity contribution in [3.05, 3.63) is 22.7 Å². The molecule has 0 amide bonds. The van der Waals surface area contributed by atoms with Crippen LogP contribution in [0.15, 0.2) is 17.0 Å².